The molecule has 0 unspecified atom stereocenters. The van der Waals surface area contributed by atoms with E-state index in [1.54, 1.807) is 6.07 Å². The Morgan fingerprint density at radius 3 is 2.75 bits per heavy atom. The lowest BCUT2D eigenvalue weighted by molar-refractivity contribution is 0.349. The van der Waals surface area contributed by atoms with E-state index < -0.39 is 0 Å². The van der Waals surface area contributed by atoms with Crippen LogP contribution in [-0.2, 0) is 6.54 Å². The molecule has 2 aliphatic carbocycles. The van der Waals surface area contributed by atoms with Crippen molar-refractivity contribution in [3.8, 4) is 0 Å². The molecule has 16 heavy (non-hydrogen) atoms. The van der Waals surface area contributed by atoms with E-state index in [2.05, 4.69) is 5.32 Å². The van der Waals surface area contributed by atoms with Crippen LogP contribution in [0.1, 0.15) is 31.2 Å². The number of hydrogen-bond donors (Lipinski definition) is 1. The maximum absolute atomic E-state index is 13.4. The van der Waals surface area contributed by atoms with Gasteiger partial charge in [0, 0.05) is 18.2 Å². The molecule has 0 heterocycles. The van der Waals surface area contributed by atoms with E-state index in [4.69, 9.17) is 0 Å². The Labute approximate surface area is 96.1 Å². The Bertz CT molecular complexity index is 377. The van der Waals surface area contributed by atoms with Crippen molar-refractivity contribution in [2.24, 2.45) is 11.8 Å². The first-order valence-corrected chi connectivity index (χ1v) is 6.29. The van der Waals surface area contributed by atoms with Crippen LogP contribution in [0.25, 0.3) is 0 Å². The topological polar surface area (TPSA) is 12.0 Å². The molecular formula is C14H18FN. The normalized spacial score (nSPS) is 32.2. The Balaban J connectivity index is 1.59. The minimum Gasteiger partial charge on any atom is -0.310 e. The van der Waals surface area contributed by atoms with Crippen LogP contribution in [0.2, 0.25) is 0 Å². The van der Waals surface area contributed by atoms with E-state index in [1.807, 2.05) is 12.1 Å². The highest BCUT2D eigenvalue weighted by molar-refractivity contribution is 5.17. The molecule has 3 atom stereocenters. The second-order valence-electron chi connectivity index (χ2n) is 5.25. The van der Waals surface area contributed by atoms with Crippen LogP contribution in [-0.4, -0.2) is 6.04 Å². The third-order valence-corrected chi connectivity index (χ3v) is 4.25. The van der Waals surface area contributed by atoms with Crippen molar-refractivity contribution in [2.75, 3.05) is 0 Å². The zero-order chi connectivity index (χ0) is 11.0. The summed E-state index contributed by atoms with van der Waals surface area (Å²) in [6.45, 7) is 0.681. The molecule has 1 N–H and O–H groups in total. The van der Waals surface area contributed by atoms with Gasteiger partial charge in [-0.1, -0.05) is 24.6 Å². The largest absolute Gasteiger partial charge is 0.310 e. The molecule has 2 heteroatoms. The van der Waals surface area contributed by atoms with Crippen LogP contribution in [0.3, 0.4) is 0 Å². The summed E-state index contributed by atoms with van der Waals surface area (Å²) >= 11 is 0. The zero-order valence-electron chi connectivity index (χ0n) is 9.45. The van der Waals surface area contributed by atoms with Gasteiger partial charge in [-0.25, -0.2) is 4.39 Å². The van der Waals surface area contributed by atoms with Gasteiger partial charge in [0.15, 0.2) is 0 Å². The third-order valence-electron chi connectivity index (χ3n) is 4.25. The number of fused-ring (bicyclic) bond motifs is 2. The highest BCUT2D eigenvalue weighted by Gasteiger charge is 2.38. The van der Waals surface area contributed by atoms with Gasteiger partial charge in [-0.05, 0) is 37.2 Å². The standard InChI is InChI=1S/C14H18FN/c15-13-4-2-1-3-12(13)9-16-14-8-10-5-6-11(14)7-10/h1-4,10-11,14,16H,5-9H2/t10-,11+,14-/m0/s1. The maximum atomic E-state index is 13.4. The lowest BCUT2D eigenvalue weighted by Crippen LogP contribution is -2.33. The molecule has 86 valence electrons. The summed E-state index contributed by atoms with van der Waals surface area (Å²) < 4.78 is 13.4. The molecule has 1 aromatic carbocycles. The Hall–Kier alpha value is -0.890. The molecule has 0 radical (unpaired) electrons. The number of halogens is 1. The molecule has 0 saturated heterocycles. The predicted molar refractivity (Wildman–Crippen MR) is 62.5 cm³/mol. The minimum absolute atomic E-state index is 0.0850. The van der Waals surface area contributed by atoms with Gasteiger partial charge < -0.3 is 5.32 Å². The molecule has 1 aromatic rings. The zero-order valence-corrected chi connectivity index (χ0v) is 9.45. The van der Waals surface area contributed by atoms with Crippen molar-refractivity contribution < 1.29 is 4.39 Å². The number of benzene rings is 1. The van der Waals surface area contributed by atoms with Gasteiger partial charge in [0.05, 0.1) is 0 Å². The molecule has 2 fully saturated rings. The van der Waals surface area contributed by atoms with E-state index >= 15 is 0 Å². The molecule has 0 spiro atoms. The highest BCUT2D eigenvalue weighted by Crippen LogP contribution is 2.44. The summed E-state index contributed by atoms with van der Waals surface area (Å²) in [5.74, 6) is 1.72. The monoisotopic (exact) mass is 219 g/mol. The molecule has 0 aliphatic heterocycles. The van der Waals surface area contributed by atoms with E-state index in [0.29, 0.717) is 12.6 Å². The van der Waals surface area contributed by atoms with Gasteiger partial charge in [0.2, 0.25) is 0 Å². The summed E-state index contributed by atoms with van der Waals surface area (Å²) in [5.41, 5.74) is 0.797. The van der Waals surface area contributed by atoms with Crippen LogP contribution in [0.5, 0.6) is 0 Å². The third kappa shape index (κ3) is 1.86. The molecule has 2 bridgehead atoms. The van der Waals surface area contributed by atoms with E-state index in [-0.39, 0.29) is 5.82 Å². The molecule has 0 amide bonds. The van der Waals surface area contributed by atoms with E-state index in [9.17, 15) is 4.39 Å². The SMILES string of the molecule is Fc1ccccc1CN[C@H]1C[C@H]2CC[C@@H]1C2. The lowest BCUT2D eigenvalue weighted by atomic mass is 9.95. The summed E-state index contributed by atoms with van der Waals surface area (Å²) in [6, 6.07) is 7.70. The van der Waals surface area contributed by atoms with Gasteiger partial charge in [0.25, 0.3) is 0 Å². The fourth-order valence-corrected chi connectivity index (χ4v) is 3.38. The fourth-order valence-electron chi connectivity index (χ4n) is 3.38. The average Bonchev–Trinajstić information content (AvgIpc) is 2.90. The van der Waals surface area contributed by atoms with Crippen LogP contribution in [0.4, 0.5) is 4.39 Å². The summed E-state index contributed by atoms with van der Waals surface area (Å²) in [5, 5.41) is 3.53. The first kappa shape index (κ1) is 10.3. The van der Waals surface area contributed by atoms with Crippen LogP contribution in [0, 0.1) is 17.7 Å². The Morgan fingerprint density at radius 1 is 1.19 bits per heavy atom. The van der Waals surface area contributed by atoms with Crippen LogP contribution >= 0.6 is 0 Å². The fraction of sp³-hybridized carbons (Fsp3) is 0.571. The van der Waals surface area contributed by atoms with Crippen LogP contribution < -0.4 is 5.32 Å². The van der Waals surface area contributed by atoms with Crippen molar-refractivity contribution in [1.82, 2.24) is 5.32 Å². The van der Waals surface area contributed by atoms with Gasteiger partial charge in [-0.2, -0.15) is 0 Å². The maximum Gasteiger partial charge on any atom is 0.127 e. The lowest BCUT2D eigenvalue weighted by Gasteiger charge is -2.23. The Morgan fingerprint density at radius 2 is 2.06 bits per heavy atom. The number of rotatable bonds is 3. The first-order valence-electron chi connectivity index (χ1n) is 6.29. The molecule has 2 aliphatic rings. The highest BCUT2D eigenvalue weighted by atomic mass is 19.1. The van der Waals surface area contributed by atoms with Crippen molar-refractivity contribution >= 4 is 0 Å². The molecular weight excluding hydrogens is 201 g/mol. The number of nitrogens with one attached hydrogen (secondary N) is 1. The van der Waals surface area contributed by atoms with Gasteiger partial charge >= 0.3 is 0 Å². The van der Waals surface area contributed by atoms with Crippen molar-refractivity contribution in [3.05, 3.63) is 35.6 Å². The summed E-state index contributed by atoms with van der Waals surface area (Å²) in [6.07, 6.45) is 5.50. The average molecular weight is 219 g/mol. The van der Waals surface area contributed by atoms with Crippen LogP contribution in [0.15, 0.2) is 24.3 Å². The van der Waals surface area contributed by atoms with Gasteiger partial charge in [-0.15, -0.1) is 0 Å². The smallest absolute Gasteiger partial charge is 0.127 e. The van der Waals surface area contributed by atoms with Crippen molar-refractivity contribution in [3.63, 3.8) is 0 Å². The quantitative estimate of drug-likeness (QED) is 0.823. The first-order chi connectivity index (χ1) is 7.83. The van der Waals surface area contributed by atoms with E-state index in [1.165, 1.54) is 31.7 Å². The second-order valence-corrected chi connectivity index (χ2v) is 5.25. The molecule has 2 saturated carbocycles. The van der Waals surface area contributed by atoms with E-state index in [0.717, 1.165) is 17.4 Å². The molecule has 1 nitrogen and oxygen atoms in total. The predicted octanol–water partition coefficient (Wildman–Crippen LogP) is 3.10. The summed E-state index contributed by atoms with van der Waals surface area (Å²) in [7, 11) is 0. The van der Waals surface area contributed by atoms with Gasteiger partial charge in [0.1, 0.15) is 5.82 Å². The Kier molecular flexibility index (Phi) is 2.68. The minimum atomic E-state index is -0.0850. The molecule has 3 rings (SSSR count). The van der Waals surface area contributed by atoms with Crippen molar-refractivity contribution in [2.45, 2.75) is 38.3 Å². The van der Waals surface area contributed by atoms with Crippen molar-refractivity contribution in [1.29, 1.82) is 0 Å². The van der Waals surface area contributed by atoms with Gasteiger partial charge in [-0.3, -0.25) is 0 Å². The number of hydrogen-bond acceptors (Lipinski definition) is 1. The summed E-state index contributed by atoms with van der Waals surface area (Å²) in [4.78, 5) is 0. The molecule has 0 aromatic heterocycles. The second kappa shape index (κ2) is 4.17.